The lowest BCUT2D eigenvalue weighted by atomic mass is 10.0. The van der Waals surface area contributed by atoms with E-state index < -0.39 is 10.0 Å². The average molecular weight is 411 g/mol. The predicted molar refractivity (Wildman–Crippen MR) is 114 cm³/mol. The van der Waals surface area contributed by atoms with Crippen molar-refractivity contribution < 1.29 is 13.2 Å². The maximum atomic E-state index is 13.2. The van der Waals surface area contributed by atoms with Gasteiger partial charge in [0.25, 0.3) is 0 Å². The molecule has 0 bridgehead atoms. The Bertz CT molecular complexity index is 998. The highest BCUT2D eigenvalue weighted by molar-refractivity contribution is 7.89. The number of rotatable bonds is 5. The summed E-state index contributed by atoms with van der Waals surface area (Å²) >= 11 is 0. The second-order valence-electron chi connectivity index (χ2n) is 7.56. The Morgan fingerprint density at radius 2 is 1.83 bits per heavy atom. The minimum Gasteiger partial charge on any atom is -0.475 e. The fourth-order valence-electron chi connectivity index (χ4n) is 3.79. The summed E-state index contributed by atoms with van der Waals surface area (Å²) in [6.07, 6.45) is 6.45. The first kappa shape index (κ1) is 19.9. The second kappa shape index (κ2) is 8.51. The fraction of sp³-hybridized carbons (Fsp3) is 0.348. The summed E-state index contributed by atoms with van der Waals surface area (Å²) in [7, 11) is -3.53. The van der Waals surface area contributed by atoms with E-state index in [9.17, 15) is 8.42 Å². The molecule has 2 aromatic rings. The predicted octanol–water partition coefficient (Wildman–Crippen LogP) is 4.26. The monoisotopic (exact) mass is 410 g/mol. The van der Waals surface area contributed by atoms with E-state index >= 15 is 0 Å². The lowest BCUT2D eigenvalue weighted by Crippen LogP contribution is -2.42. The standard InChI is InChI=1S/C23H26N2O3S/c1-18-10-13-21(14-11-18)29(26,27)25-16-6-5-9-20(25)12-15-23-24-22(17-28-23)19-7-3-2-4-8-19/h2-4,7-8,10-15,20,22H,5-6,9,16-17H2,1H3/b15-12-/t20-,22+/m0/s1. The number of aryl methyl sites for hydroxylation is 1. The van der Waals surface area contributed by atoms with E-state index in [4.69, 9.17) is 4.74 Å². The van der Waals surface area contributed by atoms with Gasteiger partial charge in [-0.3, -0.25) is 0 Å². The first-order chi connectivity index (χ1) is 14.0. The molecule has 0 aromatic heterocycles. The van der Waals surface area contributed by atoms with Crippen LogP contribution in [-0.4, -0.2) is 37.8 Å². The lowest BCUT2D eigenvalue weighted by molar-refractivity contribution is 0.290. The first-order valence-corrected chi connectivity index (χ1v) is 11.5. The van der Waals surface area contributed by atoms with Crippen LogP contribution in [0.1, 0.15) is 36.4 Å². The number of sulfonamides is 1. The Hall–Kier alpha value is -2.44. The Labute approximate surface area is 172 Å². The van der Waals surface area contributed by atoms with Crippen LogP contribution in [0.3, 0.4) is 0 Å². The maximum Gasteiger partial charge on any atom is 0.243 e. The maximum absolute atomic E-state index is 13.2. The molecule has 2 heterocycles. The third kappa shape index (κ3) is 4.43. The molecule has 1 saturated heterocycles. The average Bonchev–Trinajstić information content (AvgIpc) is 3.22. The molecule has 0 spiro atoms. The molecule has 0 aliphatic carbocycles. The van der Waals surface area contributed by atoms with Crippen molar-refractivity contribution in [3.8, 4) is 0 Å². The van der Waals surface area contributed by atoms with Gasteiger partial charge in [-0.2, -0.15) is 4.31 Å². The molecule has 2 aliphatic heterocycles. The molecular weight excluding hydrogens is 384 g/mol. The molecule has 6 heteroatoms. The summed E-state index contributed by atoms with van der Waals surface area (Å²) in [6, 6.07) is 16.9. The number of benzene rings is 2. The molecule has 0 saturated carbocycles. The molecule has 1 fully saturated rings. The summed E-state index contributed by atoms with van der Waals surface area (Å²) in [5.74, 6) is 0.567. The molecule has 2 aliphatic rings. The van der Waals surface area contributed by atoms with E-state index in [2.05, 4.69) is 4.99 Å². The molecule has 152 valence electrons. The summed E-state index contributed by atoms with van der Waals surface area (Å²) in [4.78, 5) is 4.99. The van der Waals surface area contributed by atoms with Crippen molar-refractivity contribution in [2.75, 3.05) is 13.2 Å². The van der Waals surface area contributed by atoms with Gasteiger partial charge in [-0.25, -0.2) is 13.4 Å². The van der Waals surface area contributed by atoms with Crippen molar-refractivity contribution >= 4 is 15.9 Å². The van der Waals surface area contributed by atoms with Crippen LogP contribution in [0.15, 0.2) is 76.6 Å². The van der Waals surface area contributed by atoms with Gasteiger partial charge >= 0.3 is 0 Å². The van der Waals surface area contributed by atoms with E-state index in [1.54, 1.807) is 16.4 Å². The quantitative estimate of drug-likeness (QED) is 0.740. The van der Waals surface area contributed by atoms with Crippen molar-refractivity contribution in [3.63, 3.8) is 0 Å². The van der Waals surface area contributed by atoms with Gasteiger partial charge < -0.3 is 4.74 Å². The van der Waals surface area contributed by atoms with Crippen LogP contribution in [0.5, 0.6) is 0 Å². The molecule has 2 aromatic carbocycles. The van der Waals surface area contributed by atoms with Gasteiger partial charge in [-0.15, -0.1) is 0 Å². The van der Waals surface area contributed by atoms with Crippen molar-refractivity contribution in [2.24, 2.45) is 4.99 Å². The molecular formula is C23H26N2O3S. The van der Waals surface area contributed by atoms with Crippen LogP contribution in [0, 0.1) is 6.92 Å². The van der Waals surface area contributed by atoms with Gasteiger partial charge in [-0.05, 0) is 43.5 Å². The number of ether oxygens (including phenoxy) is 1. The molecule has 5 nitrogen and oxygen atoms in total. The normalized spacial score (nSPS) is 23.1. The SMILES string of the molecule is Cc1ccc(S(=O)(=O)N2CCCC[C@H]2/C=C\C2=N[C@@H](c3ccccc3)CO2)cc1. The molecule has 0 radical (unpaired) electrons. The van der Waals surface area contributed by atoms with Gasteiger partial charge in [0.05, 0.1) is 4.90 Å². The molecule has 0 unspecified atom stereocenters. The van der Waals surface area contributed by atoms with Crippen LogP contribution in [0.2, 0.25) is 0 Å². The number of aliphatic imine (C=N–C) groups is 1. The van der Waals surface area contributed by atoms with Crippen molar-refractivity contribution in [3.05, 3.63) is 77.9 Å². The zero-order chi connectivity index (χ0) is 20.3. The van der Waals surface area contributed by atoms with E-state index in [1.165, 1.54) is 0 Å². The van der Waals surface area contributed by atoms with Gasteiger partial charge in [0.2, 0.25) is 15.9 Å². The number of hydrogen-bond acceptors (Lipinski definition) is 4. The summed E-state index contributed by atoms with van der Waals surface area (Å²) in [5, 5.41) is 0. The molecule has 0 N–H and O–H groups in total. The Morgan fingerprint density at radius 1 is 1.07 bits per heavy atom. The highest BCUT2D eigenvalue weighted by Gasteiger charge is 2.32. The highest BCUT2D eigenvalue weighted by atomic mass is 32.2. The lowest BCUT2D eigenvalue weighted by Gasteiger charge is -2.33. The number of hydrogen-bond donors (Lipinski definition) is 0. The zero-order valence-electron chi connectivity index (χ0n) is 16.6. The third-order valence-corrected chi connectivity index (χ3v) is 7.38. The fourth-order valence-corrected chi connectivity index (χ4v) is 5.44. The van der Waals surface area contributed by atoms with Crippen LogP contribution >= 0.6 is 0 Å². The van der Waals surface area contributed by atoms with E-state index in [-0.39, 0.29) is 12.1 Å². The van der Waals surface area contributed by atoms with Crippen molar-refractivity contribution in [1.82, 2.24) is 4.31 Å². The summed E-state index contributed by atoms with van der Waals surface area (Å²) < 4.78 is 33.7. The number of piperidine rings is 1. The van der Waals surface area contributed by atoms with E-state index in [0.29, 0.717) is 23.9 Å². The van der Waals surface area contributed by atoms with Crippen LogP contribution in [0.25, 0.3) is 0 Å². The van der Waals surface area contributed by atoms with Crippen molar-refractivity contribution in [1.29, 1.82) is 0 Å². The third-order valence-electron chi connectivity index (χ3n) is 5.44. The van der Waals surface area contributed by atoms with Gasteiger partial charge in [0, 0.05) is 12.6 Å². The van der Waals surface area contributed by atoms with Crippen LogP contribution in [0.4, 0.5) is 0 Å². The van der Waals surface area contributed by atoms with Gasteiger partial charge in [0.1, 0.15) is 12.6 Å². The molecule has 0 amide bonds. The Kier molecular flexibility index (Phi) is 5.83. The Balaban J connectivity index is 1.51. The topological polar surface area (TPSA) is 59.0 Å². The highest BCUT2D eigenvalue weighted by Crippen LogP contribution is 2.27. The second-order valence-corrected chi connectivity index (χ2v) is 9.45. The molecule has 2 atom stereocenters. The van der Waals surface area contributed by atoms with Crippen LogP contribution in [-0.2, 0) is 14.8 Å². The summed E-state index contributed by atoms with van der Waals surface area (Å²) in [6.45, 7) is 3.00. The number of nitrogens with zero attached hydrogens (tertiary/aromatic N) is 2. The van der Waals surface area contributed by atoms with Gasteiger partial charge in [0.15, 0.2) is 0 Å². The first-order valence-electron chi connectivity index (χ1n) is 10.1. The minimum absolute atomic E-state index is 0.00500. The van der Waals surface area contributed by atoms with Crippen molar-refractivity contribution in [2.45, 2.75) is 43.2 Å². The zero-order valence-corrected chi connectivity index (χ0v) is 17.4. The molecule has 4 rings (SSSR count). The van der Waals surface area contributed by atoms with Gasteiger partial charge in [-0.1, -0.05) is 60.5 Å². The smallest absolute Gasteiger partial charge is 0.243 e. The largest absolute Gasteiger partial charge is 0.475 e. The van der Waals surface area contributed by atoms with E-state index in [1.807, 2.05) is 61.5 Å². The summed E-state index contributed by atoms with van der Waals surface area (Å²) in [5.41, 5.74) is 2.17. The van der Waals surface area contributed by atoms with Crippen LogP contribution < -0.4 is 0 Å². The van der Waals surface area contributed by atoms with E-state index in [0.717, 1.165) is 30.4 Å². The molecule has 29 heavy (non-hydrogen) atoms. The minimum atomic E-state index is -3.53. The Morgan fingerprint density at radius 3 is 2.59 bits per heavy atom.